The van der Waals surface area contributed by atoms with Crippen LogP contribution in [-0.4, -0.2) is 49.6 Å². The van der Waals surface area contributed by atoms with Crippen LogP contribution in [0.4, 0.5) is 0 Å². The fourth-order valence-corrected chi connectivity index (χ4v) is 3.87. The molecule has 0 radical (unpaired) electrons. The number of hydrogen-bond acceptors (Lipinski definition) is 2. The van der Waals surface area contributed by atoms with Gasteiger partial charge in [0.15, 0.2) is 5.96 Å². The molecule has 1 saturated heterocycles. The number of hydrogen-bond donors (Lipinski definition) is 2. The molecule has 2 N–H and O–H groups in total. The standard InChI is InChI=1S/C18H36N4.HI/c1-14(2)22-11-9-17(10-12-22)21-18(19-4)20-13-16-8-6-5-7-15(16)3;/h14-17H,5-13H2,1-4H3,(H2,19,20,21);1H. The van der Waals surface area contributed by atoms with E-state index in [1.807, 2.05) is 7.05 Å². The number of nitrogens with zero attached hydrogens (tertiary/aromatic N) is 2. The van der Waals surface area contributed by atoms with Gasteiger partial charge in [-0.25, -0.2) is 0 Å². The third-order valence-electron chi connectivity index (χ3n) is 5.65. The van der Waals surface area contributed by atoms with Crippen LogP contribution in [0.5, 0.6) is 0 Å². The third-order valence-corrected chi connectivity index (χ3v) is 5.65. The first-order valence-electron chi connectivity index (χ1n) is 9.31. The predicted octanol–water partition coefficient (Wildman–Crippen LogP) is 3.47. The molecule has 0 aromatic carbocycles. The molecule has 5 heteroatoms. The van der Waals surface area contributed by atoms with Gasteiger partial charge in [0, 0.05) is 38.8 Å². The van der Waals surface area contributed by atoms with Gasteiger partial charge in [0.2, 0.25) is 0 Å². The van der Waals surface area contributed by atoms with Gasteiger partial charge in [0.1, 0.15) is 0 Å². The average Bonchev–Trinajstić information content (AvgIpc) is 2.53. The Kier molecular flexibility index (Phi) is 9.82. The van der Waals surface area contributed by atoms with Gasteiger partial charge < -0.3 is 15.5 Å². The van der Waals surface area contributed by atoms with E-state index >= 15 is 0 Å². The number of rotatable bonds is 4. The van der Waals surface area contributed by atoms with E-state index in [0.29, 0.717) is 12.1 Å². The van der Waals surface area contributed by atoms with Crippen LogP contribution in [0, 0.1) is 11.8 Å². The molecule has 2 unspecified atom stereocenters. The van der Waals surface area contributed by atoms with Gasteiger partial charge in [0.25, 0.3) is 0 Å². The summed E-state index contributed by atoms with van der Waals surface area (Å²) in [5, 5.41) is 7.21. The minimum atomic E-state index is 0. The van der Waals surface area contributed by atoms with Crippen molar-refractivity contribution < 1.29 is 0 Å². The summed E-state index contributed by atoms with van der Waals surface area (Å²) in [6.07, 6.45) is 8.02. The topological polar surface area (TPSA) is 39.7 Å². The van der Waals surface area contributed by atoms with Gasteiger partial charge in [-0.1, -0.05) is 26.2 Å². The van der Waals surface area contributed by atoms with E-state index in [1.54, 1.807) is 0 Å². The second-order valence-electron chi connectivity index (χ2n) is 7.52. The largest absolute Gasteiger partial charge is 0.356 e. The van der Waals surface area contributed by atoms with Crippen molar-refractivity contribution in [2.24, 2.45) is 16.8 Å². The normalized spacial score (nSPS) is 27.6. The van der Waals surface area contributed by atoms with E-state index in [4.69, 9.17) is 0 Å². The van der Waals surface area contributed by atoms with Crippen LogP contribution in [0.2, 0.25) is 0 Å². The average molecular weight is 436 g/mol. The summed E-state index contributed by atoms with van der Waals surface area (Å²) in [5.74, 6) is 2.67. The summed E-state index contributed by atoms with van der Waals surface area (Å²) in [5.41, 5.74) is 0. The van der Waals surface area contributed by atoms with Crippen molar-refractivity contribution in [2.45, 2.75) is 71.4 Å². The first-order valence-corrected chi connectivity index (χ1v) is 9.31. The SMILES string of the molecule is CN=C(NCC1CCCCC1C)NC1CCN(C(C)C)CC1.I. The van der Waals surface area contributed by atoms with Crippen LogP contribution >= 0.6 is 24.0 Å². The van der Waals surface area contributed by atoms with Crippen LogP contribution in [0.3, 0.4) is 0 Å². The molecule has 0 spiro atoms. The van der Waals surface area contributed by atoms with Crippen molar-refractivity contribution in [2.75, 3.05) is 26.7 Å². The Morgan fingerprint density at radius 3 is 2.35 bits per heavy atom. The number of piperidine rings is 1. The zero-order valence-electron chi connectivity index (χ0n) is 15.5. The highest BCUT2D eigenvalue weighted by molar-refractivity contribution is 14.0. The zero-order valence-corrected chi connectivity index (χ0v) is 17.8. The molecule has 0 amide bonds. The predicted molar refractivity (Wildman–Crippen MR) is 111 cm³/mol. The highest BCUT2D eigenvalue weighted by Crippen LogP contribution is 2.28. The lowest BCUT2D eigenvalue weighted by atomic mass is 9.80. The molecule has 0 aromatic heterocycles. The Morgan fingerprint density at radius 1 is 1.13 bits per heavy atom. The second kappa shape index (κ2) is 10.7. The molecule has 0 aromatic rings. The molecular formula is C18H37IN4. The summed E-state index contributed by atoms with van der Waals surface area (Å²) in [6.45, 7) is 10.5. The molecule has 1 heterocycles. The van der Waals surface area contributed by atoms with Crippen molar-refractivity contribution >= 4 is 29.9 Å². The molecule has 4 nitrogen and oxygen atoms in total. The van der Waals surface area contributed by atoms with Gasteiger partial charge >= 0.3 is 0 Å². The van der Waals surface area contributed by atoms with E-state index in [-0.39, 0.29) is 24.0 Å². The summed E-state index contributed by atoms with van der Waals surface area (Å²) >= 11 is 0. The highest BCUT2D eigenvalue weighted by atomic mass is 127. The maximum Gasteiger partial charge on any atom is 0.191 e. The van der Waals surface area contributed by atoms with Crippen LogP contribution in [0.1, 0.15) is 59.3 Å². The van der Waals surface area contributed by atoms with E-state index < -0.39 is 0 Å². The molecule has 2 atom stereocenters. The zero-order chi connectivity index (χ0) is 15.9. The fraction of sp³-hybridized carbons (Fsp3) is 0.944. The van der Waals surface area contributed by atoms with Gasteiger partial charge in [-0.3, -0.25) is 4.99 Å². The molecule has 2 aliphatic rings. The van der Waals surface area contributed by atoms with Crippen molar-refractivity contribution in [3.05, 3.63) is 0 Å². The lowest BCUT2D eigenvalue weighted by molar-refractivity contribution is 0.167. The van der Waals surface area contributed by atoms with Crippen molar-refractivity contribution in [3.63, 3.8) is 0 Å². The van der Waals surface area contributed by atoms with E-state index in [9.17, 15) is 0 Å². The summed E-state index contributed by atoms with van der Waals surface area (Å²) < 4.78 is 0. The maximum atomic E-state index is 4.43. The fourth-order valence-electron chi connectivity index (χ4n) is 3.87. The molecule has 0 bridgehead atoms. The minimum Gasteiger partial charge on any atom is -0.356 e. The molecule has 1 saturated carbocycles. The van der Waals surface area contributed by atoms with Gasteiger partial charge in [-0.15, -0.1) is 24.0 Å². The van der Waals surface area contributed by atoms with Crippen molar-refractivity contribution in [1.82, 2.24) is 15.5 Å². The number of guanidine groups is 1. The molecule has 2 rings (SSSR count). The Balaban J connectivity index is 0.00000264. The second-order valence-corrected chi connectivity index (χ2v) is 7.52. The monoisotopic (exact) mass is 436 g/mol. The minimum absolute atomic E-state index is 0. The molecule has 136 valence electrons. The summed E-state index contributed by atoms with van der Waals surface area (Å²) in [6, 6.07) is 1.25. The smallest absolute Gasteiger partial charge is 0.191 e. The Hall–Kier alpha value is -0.0400. The Bertz CT molecular complexity index is 351. The Labute approximate surface area is 160 Å². The molecule has 23 heavy (non-hydrogen) atoms. The summed E-state index contributed by atoms with van der Waals surface area (Å²) in [7, 11) is 1.89. The molecule has 2 fully saturated rings. The van der Waals surface area contributed by atoms with Gasteiger partial charge in [0.05, 0.1) is 0 Å². The quantitative estimate of drug-likeness (QED) is 0.403. The van der Waals surface area contributed by atoms with Crippen LogP contribution in [0.15, 0.2) is 4.99 Å². The number of aliphatic imine (C=N–C) groups is 1. The lowest BCUT2D eigenvalue weighted by Crippen LogP contribution is -2.50. The highest BCUT2D eigenvalue weighted by Gasteiger charge is 2.23. The third kappa shape index (κ3) is 6.77. The summed E-state index contributed by atoms with van der Waals surface area (Å²) in [4.78, 5) is 6.99. The molecule has 1 aliphatic carbocycles. The van der Waals surface area contributed by atoms with Crippen LogP contribution in [0.25, 0.3) is 0 Å². The van der Waals surface area contributed by atoms with Gasteiger partial charge in [-0.05, 0) is 44.9 Å². The van der Waals surface area contributed by atoms with E-state index in [1.165, 1.54) is 51.6 Å². The van der Waals surface area contributed by atoms with E-state index in [0.717, 1.165) is 24.3 Å². The lowest BCUT2D eigenvalue weighted by Gasteiger charge is -2.35. The number of halogens is 1. The van der Waals surface area contributed by atoms with E-state index in [2.05, 4.69) is 41.3 Å². The number of likely N-dealkylation sites (tertiary alicyclic amines) is 1. The molecule has 1 aliphatic heterocycles. The first kappa shape index (κ1) is 21.0. The number of nitrogens with one attached hydrogen (secondary N) is 2. The van der Waals surface area contributed by atoms with Crippen LogP contribution < -0.4 is 10.6 Å². The van der Waals surface area contributed by atoms with Crippen molar-refractivity contribution in [1.29, 1.82) is 0 Å². The van der Waals surface area contributed by atoms with Gasteiger partial charge in [-0.2, -0.15) is 0 Å². The Morgan fingerprint density at radius 2 is 1.78 bits per heavy atom. The first-order chi connectivity index (χ1) is 10.6. The molecular weight excluding hydrogens is 399 g/mol. The van der Waals surface area contributed by atoms with Crippen LogP contribution in [-0.2, 0) is 0 Å². The maximum absolute atomic E-state index is 4.43. The van der Waals surface area contributed by atoms with Crippen molar-refractivity contribution in [3.8, 4) is 0 Å².